The summed E-state index contributed by atoms with van der Waals surface area (Å²) in [4.78, 5) is 38.0. The van der Waals surface area contributed by atoms with E-state index in [9.17, 15) is 9.59 Å². The van der Waals surface area contributed by atoms with Gasteiger partial charge < -0.3 is 16.4 Å². The van der Waals surface area contributed by atoms with E-state index >= 15 is 0 Å². The number of aryl methyl sites for hydroxylation is 1. The van der Waals surface area contributed by atoms with Crippen molar-refractivity contribution in [2.24, 2.45) is 0 Å². The Hall–Kier alpha value is -4.97. The van der Waals surface area contributed by atoms with E-state index in [-0.39, 0.29) is 17.9 Å². The molecule has 2 amide bonds. The molecule has 0 spiro atoms. The number of aromatic nitrogens is 4. The SMILES string of the molecule is CC#CC(=O)NC1CC=C(c2nc(-c3ccc(C(=O)Nc4cc(C)ccn4)cc3)c3c(N)nccn23)CC1. The maximum Gasteiger partial charge on any atom is 0.296 e. The van der Waals surface area contributed by atoms with Crippen LogP contribution < -0.4 is 16.4 Å². The highest BCUT2D eigenvalue weighted by atomic mass is 16.2. The van der Waals surface area contributed by atoms with Gasteiger partial charge >= 0.3 is 0 Å². The summed E-state index contributed by atoms with van der Waals surface area (Å²) >= 11 is 0. The van der Waals surface area contributed by atoms with Crippen molar-refractivity contribution in [2.75, 3.05) is 11.1 Å². The highest BCUT2D eigenvalue weighted by molar-refractivity contribution is 6.04. The normalized spacial score (nSPS) is 14.8. The summed E-state index contributed by atoms with van der Waals surface area (Å²) in [6.07, 6.45) is 9.49. The number of allylic oxidation sites excluding steroid dienone is 1. The van der Waals surface area contributed by atoms with Gasteiger partial charge in [-0.1, -0.05) is 24.1 Å². The van der Waals surface area contributed by atoms with E-state index in [0.717, 1.165) is 35.4 Å². The van der Waals surface area contributed by atoms with E-state index in [1.807, 2.05) is 41.8 Å². The van der Waals surface area contributed by atoms with Crippen LogP contribution >= 0.6 is 0 Å². The first-order valence-corrected chi connectivity index (χ1v) is 12.3. The highest BCUT2D eigenvalue weighted by Crippen LogP contribution is 2.33. The Morgan fingerprint density at radius 3 is 2.66 bits per heavy atom. The van der Waals surface area contributed by atoms with E-state index < -0.39 is 0 Å². The van der Waals surface area contributed by atoms with Gasteiger partial charge in [-0.3, -0.25) is 14.0 Å². The van der Waals surface area contributed by atoms with E-state index in [0.29, 0.717) is 34.8 Å². The van der Waals surface area contributed by atoms with E-state index in [1.165, 1.54) is 0 Å². The topological polar surface area (TPSA) is 127 Å². The minimum Gasteiger partial charge on any atom is -0.382 e. The van der Waals surface area contributed by atoms with Crippen LogP contribution in [0.3, 0.4) is 0 Å². The fourth-order valence-corrected chi connectivity index (χ4v) is 4.57. The highest BCUT2D eigenvalue weighted by Gasteiger charge is 2.23. The Labute approximate surface area is 220 Å². The first kappa shape index (κ1) is 24.7. The van der Waals surface area contributed by atoms with Crippen molar-refractivity contribution in [3.05, 3.63) is 78.0 Å². The number of benzene rings is 1. The molecule has 38 heavy (non-hydrogen) atoms. The molecule has 1 aliphatic carbocycles. The summed E-state index contributed by atoms with van der Waals surface area (Å²) in [5.74, 6) is 6.31. The molecule has 0 saturated carbocycles. The van der Waals surface area contributed by atoms with Gasteiger partial charge in [0.2, 0.25) is 0 Å². The zero-order chi connectivity index (χ0) is 26.6. The third-order valence-electron chi connectivity index (χ3n) is 6.43. The van der Waals surface area contributed by atoms with E-state index in [1.54, 1.807) is 31.5 Å². The van der Waals surface area contributed by atoms with Crippen LogP contribution in [0.2, 0.25) is 0 Å². The number of rotatable bonds is 5. The number of anilines is 2. The van der Waals surface area contributed by atoms with Crippen molar-refractivity contribution in [2.45, 2.75) is 39.2 Å². The lowest BCUT2D eigenvalue weighted by Crippen LogP contribution is -2.34. The van der Waals surface area contributed by atoms with Gasteiger partial charge in [0.1, 0.15) is 28.7 Å². The molecular formula is C29H27N7O2. The zero-order valence-electron chi connectivity index (χ0n) is 21.2. The second-order valence-corrected chi connectivity index (χ2v) is 9.11. The number of fused-ring (bicyclic) bond motifs is 1. The van der Waals surface area contributed by atoms with Crippen LogP contribution in [0.4, 0.5) is 11.6 Å². The molecule has 3 aromatic heterocycles. The Kier molecular flexibility index (Phi) is 6.87. The predicted molar refractivity (Wildman–Crippen MR) is 147 cm³/mol. The van der Waals surface area contributed by atoms with Gasteiger partial charge in [0.15, 0.2) is 0 Å². The molecule has 3 heterocycles. The van der Waals surface area contributed by atoms with Crippen LogP contribution in [0.25, 0.3) is 22.3 Å². The second-order valence-electron chi connectivity index (χ2n) is 9.11. The molecule has 0 aliphatic heterocycles. The van der Waals surface area contributed by atoms with Crippen LogP contribution in [0.5, 0.6) is 0 Å². The number of nitrogens with zero attached hydrogens (tertiary/aromatic N) is 4. The number of nitrogens with one attached hydrogen (secondary N) is 2. The number of imidazole rings is 1. The molecule has 190 valence electrons. The Balaban J connectivity index is 1.42. The minimum atomic E-state index is -0.256. The number of amides is 2. The lowest BCUT2D eigenvalue weighted by Gasteiger charge is -2.21. The molecule has 0 saturated heterocycles. The molecule has 0 fully saturated rings. The number of nitrogens with two attached hydrogens (primary N) is 1. The van der Waals surface area contributed by atoms with Gasteiger partial charge in [-0.05, 0) is 74.4 Å². The van der Waals surface area contributed by atoms with Gasteiger partial charge in [-0.2, -0.15) is 0 Å². The molecule has 9 nitrogen and oxygen atoms in total. The quantitative estimate of drug-likeness (QED) is 0.352. The first-order chi connectivity index (χ1) is 18.4. The average Bonchev–Trinajstić information content (AvgIpc) is 3.30. The van der Waals surface area contributed by atoms with Crippen molar-refractivity contribution in [1.29, 1.82) is 0 Å². The summed E-state index contributed by atoms with van der Waals surface area (Å²) in [5, 5.41) is 5.78. The van der Waals surface area contributed by atoms with Gasteiger partial charge in [-0.25, -0.2) is 15.0 Å². The van der Waals surface area contributed by atoms with Crippen molar-refractivity contribution in [3.8, 4) is 23.1 Å². The third-order valence-corrected chi connectivity index (χ3v) is 6.43. The number of nitrogen functional groups attached to an aromatic ring is 1. The largest absolute Gasteiger partial charge is 0.382 e. The monoisotopic (exact) mass is 505 g/mol. The summed E-state index contributed by atoms with van der Waals surface area (Å²) in [6, 6.07) is 10.9. The lowest BCUT2D eigenvalue weighted by molar-refractivity contribution is -0.116. The summed E-state index contributed by atoms with van der Waals surface area (Å²) in [5.41, 5.74) is 11.1. The second kappa shape index (κ2) is 10.6. The molecular weight excluding hydrogens is 478 g/mol. The standard InChI is InChI=1S/C29H27N7O2/c1-3-4-24(37)33-22-11-9-20(10-12-22)28-35-25(26-27(30)32-15-16-36(26)28)19-5-7-21(8-6-19)29(38)34-23-17-18(2)13-14-31-23/h5-9,13-17,22H,10-12H2,1-2H3,(H2,30,32)(H,33,37)(H,31,34,38). The summed E-state index contributed by atoms with van der Waals surface area (Å²) in [7, 11) is 0. The minimum absolute atomic E-state index is 0.0400. The fraction of sp³-hybridized carbons (Fsp3) is 0.207. The molecule has 1 unspecified atom stereocenters. The predicted octanol–water partition coefficient (Wildman–Crippen LogP) is 4.01. The smallest absolute Gasteiger partial charge is 0.296 e. The molecule has 1 atom stereocenters. The number of carbonyl (C=O) groups excluding carboxylic acids is 2. The van der Waals surface area contributed by atoms with Crippen LogP contribution in [0, 0.1) is 18.8 Å². The van der Waals surface area contributed by atoms with Gasteiger partial charge in [0.25, 0.3) is 11.8 Å². The molecule has 0 bridgehead atoms. The molecule has 4 N–H and O–H groups in total. The van der Waals surface area contributed by atoms with Gasteiger partial charge in [0, 0.05) is 35.8 Å². The molecule has 1 aliphatic rings. The van der Waals surface area contributed by atoms with E-state index in [4.69, 9.17) is 10.7 Å². The van der Waals surface area contributed by atoms with Crippen LogP contribution in [0.1, 0.15) is 47.9 Å². The number of hydrogen-bond donors (Lipinski definition) is 3. The maximum absolute atomic E-state index is 12.7. The van der Waals surface area contributed by atoms with E-state index in [2.05, 4.69) is 38.5 Å². The number of carbonyl (C=O) groups is 2. The lowest BCUT2D eigenvalue weighted by atomic mass is 9.94. The molecule has 4 aromatic rings. The first-order valence-electron chi connectivity index (χ1n) is 12.3. The number of hydrogen-bond acceptors (Lipinski definition) is 6. The van der Waals surface area contributed by atoms with Gasteiger partial charge in [0.05, 0.1) is 0 Å². The Bertz CT molecular complexity index is 1620. The zero-order valence-corrected chi connectivity index (χ0v) is 21.2. The van der Waals surface area contributed by atoms with Crippen molar-refractivity contribution < 1.29 is 9.59 Å². The van der Waals surface area contributed by atoms with Crippen molar-refractivity contribution >= 4 is 34.5 Å². The van der Waals surface area contributed by atoms with Gasteiger partial charge in [-0.15, -0.1) is 0 Å². The van der Waals surface area contributed by atoms with Crippen LogP contribution in [0.15, 0.2) is 61.1 Å². The molecule has 0 radical (unpaired) electrons. The average molecular weight is 506 g/mol. The van der Waals surface area contributed by atoms with Crippen LogP contribution in [-0.2, 0) is 4.79 Å². The maximum atomic E-state index is 12.7. The summed E-state index contributed by atoms with van der Waals surface area (Å²) in [6.45, 7) is 3.59. The molecule has 1 aromatic carbocycles. The van der Waals surface area contributed by atoms with Crippen molar-refractivity contribution in [3.63, 3.8) is 0 Å². The van der Waals surface area contributed by atoms with Crippen LogP contribution in [-0.4, -0.2) is 37.2 Å². The molecule has 9 heteroatoms. The van der Waals surface area contributed by atoms with Crippen molar-refractivity contribution in [1.82, 2.24) is 24.7 Å². The number of pyridine rings is 1. The summed E-state index contributed by atoms with van der Waals surface area (Å²) < 4.78 is 1.95. The Morgan fingerprint density at radius 2 is 1.95 bits per heavy atom. The third kappa shape index (κ3) is 5.11. The fourth-order valence-electron chi connectivity index (χ4n) is 4.57. The molecule has 5 rings (SSSR count). The Morgan fingerprint density at radius 1 is 1.13 bits per heavy atom.